The van der Waals surface area contributed by atoms with Crippen molar-refractivity contribution in [2.75, 3.05) is 19.4 Å². The molecule has 38 heavy (non-hydrogen) atoms. The minimum atomic E-state index is -2.80. The van der Waals surface area contributed by atoms with Crippen LogP contribution in [0.2, 0.25) is 0 Å². The number of phenolic OH excluding ortho intramolecular Hbond substituents is 1. The molecular formula is C25H24N4O9. The normalized spacial score (nSPS) is 30.5. The summed E-state index contributed by atoms with van der Waals surface area (Å²) in [6.07, 6.45) is 1.18. The van der Waals surface area contributed by atoms with Crippen LogP contribution in [0, 0.1) is 23.7 Å². The van der Waals surface area contributed by atoms with Crippen LogP contribution in [-0.4, -0.2) is 81.0 Å². The molecule has 3 aliphatic rings. The van der Waals surface area contributed by atoms with Crippen molar-refractivity contribution in [1.82, 2.24) is 10.1 Å². The third kappa shape index (κ3) is 3.42. The second-order valence-electron chi connectivity index (χ2n) is 10.1. The number of primary amides is 1. The molecule has 0 saturated heterocycles. The quantitative estimate of drug-likeness (QED) is 0.284. The summed E-state index contributed by atoms with van der Waals surface area (Å²) in [6, 6.07) is 2.70. The fourth-order valence-electron chi connectivity index (χ4n) is 6.24. The number of phenols is 1. The van der Waals surface area contributed by atoms with E-state index in [0.717, 1.165) is 0 Å². The highest BCUT2D eigenvalue weighted by atomic mass is 16.5. The number of hydrogen-bond acceptors (Lipinski definition) is 11. The summed E-state index contributed by atoms with van der Waals surface area (Å²) in [7, 11) is 3.01. The van der Waals surface area contributed by atoms with Crippen LogP contribution in [0.3, 0.4) is 0 Å². The molecular weight excluding hydrogens is 500 g/mol. The summed E-state index contributed by atoms with van der Waals surface area (Å²) >= 11 is 0. The van der Waals surface area contributed by atoms with Crippen LogP contribution in [0.1, 0.15) is 32.9 Å². The maximum Gasteiger partial charge on any atom is 0.294 e. The van der Waals surface area contributed by atoms with Gasteiger partial charge in [-0.25, -0.2) is 0 Å². The molecule has 0 radical (unpaired) electrons. The number of Topliss-reactive ketones (excluding diaryl/α,β-unsaturated/α-hetero) is 4. The molecule has 0 aliphatic heterocycles. The van der Waals surface area contributed by atoms with E-state index in [1.54, 1.807) is 0 Å². The Kier molecular flexibility index (Phi) is 5.80. The van der Waals surface area contributed by atoms with Crippen molar-refractivity contribution < 1.29 is 43.5 Å². The van der Waals surface area contributed by atoms with Crippen molar-refractivity contribution in [2.24, 2.45) is 29.4 Å². The van der Waals surface area contributed by atoms with Crippen molar-refractivity contribution in [2.45, 2.75) is 24.5 Å². The topological polar surface area (TPSA) is 210 Å². The average molecular weight is 524 g/mol. The first-order chi connectivity index (χ1) is 17.9. The minimum absolute atomic E-state index is 0.00621. The van der Waals surface area contributed by atoms with Gasteiger partial charge in [0.15, 0.2) is 34.7 Å². The highest BCUT2D eigenvalue weighted by Crippen LogP contribution is 2.51. The van der Waals surface area contributed by atoms with Crippen molar-refractivity contribution in [1.29, 1.82) is 0 Å². The Hall–Kier alpha value is -4.23. The number of likely N-dealkylation sites (N-methyl/N-ethyl adjacent to an activating group) is 1. The Labute approximate surface area is 214 Å². The summed E-state index contributed by atoms with van der Waals surface area (Å²) in [4.78, 5) is 79.8. The molecule has 0 bridgehead atoms. The Morgan fingerprint density at radius 3 is 2.47 bits per heavy atom. The van der Waals surface area contributed by atoms with Gasteiger partial charge in [0.2, 0.25) is 11.7 Å². The fourth-order valence-corrected chi connectivity index (χ4v) is 6.24. The number of aromatic hydroxyl groups is 1. The van der Waals surface area contributed by atoms with Crippen LogP contribution < -0.4 is 11.1 Å². The number of nitrogens with one attached hydrogen (secondary N) is 1. The Bertz CT molecular complexity index is 1420. The van der Waals surface area contributed by atoms with E-state index in [9.17, 15) is 39.0 Å². The lowest BCUT2D eigenvalue weighted by Gasteiger charge is -2.52. The number of aromatic nitrogens is 1. The van der Waals surface area contributed by atoms with Crippen LogP contribution in [0.15, 0.2) is 28.9 Å². The maximum atomic E-state index is 13.8. The van der Waals surface area contributed by atoms with Crippen molar-refractivity contribution in [3.8, 4) is 5.75 Å². The lowest BCUT2D eigenvalue weighted by molar-refractivity contribution is -0.181. The average Bonchev–Trinajstić information content (AvgIpc) is 3.38. The molecule has 5 rings (SSSR count). The number of anilines is 1. The van der Waals surface area contributed by atoms with E-state index in [1.807, 2.05) is 0 Å². The van der Waals surface area contributed by atoms with Gasteiger partial charge in [0, 0.05) is 17.7 Å². The van der Waals surface area contributed by atoms with E-state index >= 15 is 0 Å². The molecule has 2 fully saturated rings. The maximum absolute atomic E-state index is 13.8. The smallest absolute Gasteiger partial charge is 0.294 e. The molecule has 2 amide bonds. The van der Waals surface area contributed by atoms with Gasteiger partial charge < -0.3 is 25.8 Å². The third-order valence-electron chi connectivity index (χ3n) is 7.85. The van der Waals surface area contributed by atoms with E-state index in [0.29, 0.717) is 0 Å². The predicted octanol–water partition coefficient (Wildman–Crippen LogP) is -0.893. The lowest BCUT2D eigenvalue weighted by Crippen LogP contribution is -2.74. The molecule has 1 aromatic carbocycles. The number of benzene rings is 1. The second-order valence-corrected chi connectivity index (χ2v) is 10.1. The number of nitrogens with zero attached hydrogens (tertiary/aromatic N) is 2. The number of aliphatic hydroxyl groups is 1. The lowest BCUT2D eigenvalue weighted by atomic mass is 9.52. The zero-order chi connectivity index (χ0) is 27.7. The highest BCUT2D eigenvalue weighted by Gasteiger charge is 2.69. The molecule has 13 nitrogen and oxygen atoms in total. The van der Waals surface area contributed by atoms with Gasteiger partial charge in [0.25, 0.3) is 5.91 Å². The number of hydrogen-bond donors (Lipinski definition) is 4. The largest absolute Gasteiger partial charge is 0.507 e. The molecule has 198 valence electrons. The molecule has 0 spiro atoms. The van der Waals surface area contributed by atoms with Crippen molar-refractivity contribution in [3.05, 3.63) is 41.3 Å². The van der Waals surface area contributed by atoms with Gasteiger partial charge in [-0.05, 0) is 50.6 Å². The monoisotopic (exact) mass is 524 g/mol. The van der Waals surface area contributed by atoms with Crippen LogP contribution in [-0.2, 0) is 25.6 Å². The van der Waals surface area contributed by atoms with Gasteiger partial charge in [-0.1, -0.05) is 5.16 Å². The SMILES string of the molecule is CN(C)C1C(=O)C(C(N)=O)C(=O)[C@@]2(O)C(=O)C3C(=O)c4c(O)ccc(NC(=O)c5ccno5)c4C[C@H]3C[C@@H]12. The van der Waals surface area contributed by atoms with Crippen LogP contribution >= 0.6 is 0 Å². The van der Waals surface area contributed by atoms with Gasteiger partial charge in [0.1, 0.15) is 5.75 Å². The van der Waals surface area contributed by atoms with E-state index < -0.39 is 76.0 Å². The molecule has 5 N–H and O–H groups in total. The van der Waals surface area contributed by atoms with E-state index in [-0.39, 0.29) is 35.4 Å². The fraction of sp³-hybridized carbons (Fsp3) is 0.400. The van der Waals surface area contributed by atoms with Crippen molar-refractivity contribution >= 4 is 40.6 Å². The predicted molar refractivity (Wildman–Crippen MR) is 126 cm³/mol. The summed E-state index contributed by atoms with van der Waals surface area (Å²) in [5.41, 5.74) is 2.72. The van der Waals surface area contributed by atoms with E-state index in [2.05, 4.69) is 10.5 Å². The van der Waals surface area contributed by atoms with Gasteiger partial charge >= 0.3 is 0 Å². The zero-order valence-electron chi connectivity index (χ0n) is 20.3. The van der Waals surface area contributed by atoms with Gasteiger partial charge in [0.05, 0.1) is 23.7 Å². The number of nitrogens with two attached hydrogens (primary N) is 1. The summed E-state index contributed by atoms with van der Waals surface area (Å²) in [6.45, 7) is 0. The van der Waals surface area contributed by atoms with E-state index in [4.69, 9.17) is 10.3 Å². The second kappa shape index (κ2) is 8.67. The standard InChI is InChI=1S/C25H24N4O9/c1-29(2)18-11-8-9-7-10-12(28-24(36)14-5-6-27-38-14)3-4-13(30)16(10)19(31)15(9)21(33)25(11,37)22(34)17(20(18)32)23(26)35/h3-6,9,11,15,17-18,30,37H,7-8H2,1-2H3,(H2,26,35)(H,28,36)/t9-,11-,15?,17?,18?,25-/m0/s1. The van der Waals surface area contributed by atoms with Crippen LogP contribution in [0.25, 0.3) is 0 Å². The third-order valence-corrected chi connectivity index (χ3v) is 7.85. The van der Waals surface area contributed by atoms with Crippen LogP contribution in [0.4, 0.5) is 5.69 Å². The first-order valence-corrected chi connectivity index (χ1v) is 11.8. The molecule has 13 heteroatoms. The molecule has 6 atom stereocenters. The number of ketones is 4. The summed E-state index contributed by atoms with van der Waals surface area (Å²) in [5.74, 6) is -12.2. The first-order valence-electron chi connectivity index (χ1n) is 11.8. The molecule has 1 heterocycles. The molecule has 1 aromatic heterocycles. The molecule has 2 saturated carbocycles. The van der Waals surface area contributed by atoms with Gasteiger partial charge in [-0.2, -0.15) is 0 Å². The number of fused-ring (bicyclic) bond motifs is 3. The summed E-state index contributed by atoms with van der Waals surface area (Å²) < 4.78 is 4.85. The van der Waals surface area contributed by atoms with Crippen LogP contribution in [0.5, 0.6) is 5.75 Å². The zero-order valence-corrected chi connectivity index (χ0v) is 20.3. The number of amides is 2. The first kappa shape index (κ1) is 25.4. The number of rotatable bonds is 4. The Balaban J connectivity index is 1.59. The van der Waals surface area contributed by atoms with Gasteiger partial charge in [-0.3, -0.25) is 33.7 Å². The Morgan fingerprint density at radius 2 is 1.87 bits per heavy atom. The minimum Gasteiger partial charge on any atom is -0.507 e. The van der Waals surface area contributed by atoms with Crippen molar-refractivity contribution in [3.63, 3.8) is 0 Å². The van der Waals surface area contributed by atoms with E-state index in [1.165, 1.54) is 43.4 Å². The molecule has 3 aliphatic carbocycles. The number of carbonyl (C=O) groups excluding carboxylic acids is 6. The summed E-state index contributed by atoms with van der Waals surface area (Å²) in [5, 5.41) is 28.2. The highest BCUT2D eigenvalue weighted by molar-refractivity contribution is 6.32. The Morgan fingerprint density at radius 1 is 1.16 bits per heavy atom. The molecule has 2 aromatic rings. The molecule has 3 unspecified atom stereocenters. The number of carbonyl (C=O) groups is 6. The van der Waals surface area contributed by atoms with Gasteiger partial charge in [-0.15, -0.1) is 0 Å².